The van der Waals surface area contributed by atoms with Crippen LogP contribution in [0, 0.1) is 11.8 Å². The van der Waals surface area contributed by atoms with Crippen LogP contribution < -0.4 is 10.6 Å². The normalized spacial score (nSPS) is 28.4. The molecule has 3 heterocycles. The molecule has 33 heavy (non-hydrogen) atoms. The Bertz CT molecular complexity index is 1220. The van der Waals surface area contributed by atoms with Crippen LogP contribution in [-0.4, -0.2) is 44.4 Å². The number of para-hydroxylation sites is 1. The molecule has 9 heteroatoms. The number of carbonyl (C=O) groups is 3. The number of imide groups is 1. The number of nitrogens with one attached hydrogen (secondary N) is 2. The van der Waals surface area contributed by atoms with Crippen molar-refractivity contribution in [1.82, 2.24) is 10.2 Å². The number of hydrogen-bond donors (Lipinski definition) is 4. The minimum Gasteiger partial charge on any atom is -0.504 e. The van der Waals surface area contributed by atoms with Crippen molar-refractivity contribution in [3.8, 4) is 11.5 Å². The van der Waals surface area contributed by atoms with Crippen LogP contribution in [0.3, 0.4) is 0 Å². The maximum Gasteiger partial charge on any atom is 0.250 e. The molecule has 172 valence electrons. The molecule has 4 unspecified atom stereocenters. The summed E-state index contributed by atoms with van der Waals surface area (Å²) in [5.41, 5.74) is -0.567. The van der Waals surface area contributed by atoms with E-state index in [2.05, 4.69) is 10.6 Å². The number of benzene rings is 2. The van der Waals surface area contributed by atoms with Crippen LogP contribution in [0.1, 0.15) is 31.9 Å². The Morgan fingerprint density at radius 3 is 2.45 bits per heavy atom. The second-order valence-corrected chi connectivity index (χ2v) is 10.3. The van der Waals surface area contributed by atoms with Gasteiger partial charge in [-0.2, -0.15) is 0 Å². The fourth-order valence-electron chi connectivity index (χ4n) is 5.58. The van der Waals surface area contributed by atoms with Gasteiger partial charge < -0.3 is 15.5 Å². The smallest absolute Gasteiger partial charge is 0.250 e. The van der Waals surface area contributed by atoms with E-state index in [0.717, 1.165) is 0 Å². The van der Waals surface area contributed by atoms with E-state index >= 15 is 0 Å². The third-order valence-corrected chi connectivity index (χ3v) is 7.18. The monoisotopic (exact) mass is 469 g/mol. The summed E-state index contributed by atoms with van der Waals surface area (Å²) in [7, 11) is 0. The van der Waals surface area contributed by atoms with Gasteiger partial charge in [0, 0.05) is 17.1 Å². The topological polar surface area (TPSA) is 119 Å². The molecule has 2 aromatic carbocycles. The number of likely N-dealkylation sites (tertiary alicyclic amines) is 1. The Labute approximate surface area is 195 Å². The number of rotatable bonds is 2. The number of amides is 3. The zero-order valence-corrected chi connectivity index (χ0v) is 19.1. The average Bonchev–Trinajstić information content (AvgIpc) is 3.30. The summed E-state index contributed by atoms with van der Waals surface area (Å²) in [5.74, 6) is -3.42. The molecule has 0 aromatic heterocycles. The molecule has 0 aliphatic carbocycles. The zero-order chi connectivity index (χ0) is 23.9. The van der Waals surface area contributed by atoms with Crippen LogP contribution in [0.25, 0.3) is 0 Å². The first kappa shape index (κ1) is 21.7. The first-order valence-electron chi connectivity index (χ1n) is 10.7. The summed E-state index contributed by atoms with van der Waals surface area (Å²) < 4.78 is 0. The highest BCUT2D eigenvalue weighted by molar-refractivity contribution is 6.35. The van der Waals surface area contributed by atoms with Gasteiger partial charge in [-0.25, -0.2) is 0 Å². The van der Waals surface area contributed by atoms with E-state index in [1.807, 2.05) is 0 Å². The lowest BCUT2D eigenvalue weighted by Crippen LogP contribution is -2.56. The summed E-state index contributed by atoms with van der Waals surface area (Å²) in [6, 6.07) is 8.97. The van der Waals surface area contributed by atoms with Crippen molar-refractivity contribution in [2.45, 2.75) is 44.3 Å². The van der Waals surface area contributed by atoms with Gasteiger partial charge in [0.1, 0.15) is 5.54 Å². The SMILES string of the molecule is CC(C)(C)N1C(=O)C2C(Cc3ccc(O)c(O)c3)NC3(C(=O)Nc4c(Cl)cccc43)C2C1=O. The zero-order valence-electron chi connectivity index (χ0n) is 18.3. The Morgan fingerprint density at radius 1 is 1.06 bits per heavy atom. The number of hydrogen-bond acceptors (Lipinski definition) is 6. The number of carbonyl (C=O) groups excluding carboxylic acids is 3. The molecule has 0 radical (unpaired) electrons. The van der Waals surface area contributed by atoms with Gasteiger partial charge in [-0.3, -0.25) is 24.6 Å². The number of halogens is 1. The maximum absolute atomic E-state index is 13.7. The second kappa shape index (κ2) is 6.95. The van der Waals surface area contributed by atoms with Crippen molar-refractivity contribution < 1.29 is 24.6 Å². The number of nitrogens with zero attached hydrogens (tertiary/aromatic N) is 1. The molecule has 8 nitrogen and oxygen atoms in total. The summed E-state index contributed by atoms with van der Waals surface area (Å²) in [4.78, 5) is 42.1. The molecule has 5 rings (SSSR count). The Morgan fingerprint density at radius 2 is 1.79 bits per heavy atom. The molecule has 2 saturated heterocycles. The molecule has 2 fully saturated rings. The van der Waals surface area contributed by atoms with Crippen molar-refractivity contribution in [2.75, 3.05) is 5.32 Å². The van der Waals surface area contributed by atoms with E-state index in [9.17, 15) is 24.6 Å². The molecule has 1 spiro atoms. The Hall–Kier alpha value is -3.10. The van der Waals surface area contributed by atoms with Gasteiger partial charge in [0.15, 0.2) is 11.5 Å². The molecule has 3 aliphatic rings. The summed E-state index contributed by atoms with van der Waals surface area (Å²) >= 11 is 6.35. The van der Waals surface area contributed by atoms with Crippen LogP contribution >= 0.6 is 11.6 Å². The lowest BCUT2D eigenvalue weighted by Gasteiger charge is -2.34. The highest BCUT2D eigenvalue weighted by atomic mass is 35.5. The van der Waals surface area contributed by atoms with Crippen molar-refractivity contribution in [2.24, 2.45) is 11.8 Å². The fourth-order valence-corrected chi connectivity index (χ4v) is 5.80. The second-order valence-electron chi connectivity index (χ2n) is 9.89. The number of phenols is 2. The van der Waals surface area contributed by atoms with Crippen molar-refractivity contribution in [3.63, 3.8) is 0 Å². The van der Waals surface area contributed by atoms with E-state index < -0.39 is 40.8 Å². The highest BCUT2D eigenvalue weighted by Crippen LogP contribution is 2.55. The van der Waals surface area contributed by atoms with Gasteiger partial charge in [-0.05, 0) is 51.0 Å². The van der Waals surface area contributed by atoms with E-state index in [1.165, 1.54) is 17.0 Å². The van der Waals surface area contributed by atoms with Crippen LogP contribution in [0.2, 0.25) is 5.02 Å². The average molecular weight is 470 g/mol. The third kappa shape index (κ3) is 2.90. The largest absolute Gasteiger partial charge is 0.504 e. The summed E-state index contributed by atoms with van der Waals surface area (Å²) in [6.45, 7) is 5.36. The Kier molecular flexibility index (Phi) is 4.58. The molecule has 0 saturated carbocycles. The number of phenolic OH excluding ortho intramolecular Hbond substituents is 2. The van der Waals surface area contributed by atoms with Gasteiger partial charge in [-0.1, -0.05) is 29.8 Å². The van der Waals surface area contributed by atoms with E-state index in [1.54, 1.807) is 45.0 Å². The predicted octanol–water partition coefficient (Wildman–Crippen LogP) is 2.51. The van der Waals surface area contributed by atoms with Crippen molar-refractivity contribution in [1.29, 1.82) is 0 Å². The van der Waals surface area contributed by atoms with E-state index in [4.69, 9.17) is 11.6 Å². The van der Waals surface area contributed by atoms with Gasteiger partial charge in [-0.15, -0.1) is 0 Å². The summed E-state index contributed by atoms with van der Waals surface area (Å²) in [5, 5.41) is 26.1. The van der Waals surface area contributed by atoms with Gasteiger partial charge in [0.25, 0.3) is 0 Å². The predicted molar refractivity (Wildman–Crippen MR) is 121 cm³/mol. The number of aromatic hydroxyl groups is 2. The molecule has 3 amide bonds. The molecule has 2 aromatic rings. The van der Waals surface area contributed by atoms with Crippen LogP contribution in [0.5, 0.6) is 11.5 Å². The minimum atomic E-state index is -1.44. The van der Waals surface area contributed by atoms with E-state index in [0.29, 0.717) is 21.8 Å². The van der Waals surface area contributed by atoms with E-state index in [-0.39, 0.29) is 23.8 Å². The lowest BCUT2D eigenvalue weighted by atomic mass is 9.76. The van der Waals surface area contributed by atoms with Crippen LogP contribution in [0.4, 0.5) is 5.69 Å². The molecule has 4 N–H and O–H groups in total. The van der Waals surface area contributed by atoms with Gasteiger partial charge >= 0.3 is 0 Å². The first-order valence-corrected chi connectivity index (χ1v) is 11.1. The Balaban J connectivity index is 1.66. The van der Waals surface area contributed by atoms with Crippen LogP contribution in [-0.2, 0) is 26.3 Å². The maximum atomic E-state index is 13.7. The molecular weight excluding hydrogens is 446 g/mol. The first-order chi connectivity index (χ1) is 15.5. The number of anilines is 1. The highest BCUT2D eigenvalue weighted by Gasteiger charge is 2.71. The summed E-state index contributed by atoms with van der Waals surface area (Å²) in [6.07, 6.45) is 0.261. The van der Waals surface area contributed by atoms with Gasteiger partial charge in [0.2, 0.25) is 17.7 Å². The third-order valence-electron chi connectivity index (χ3n) is 6.87. The van der Waals surface area contributed by atoms with Gasteiger partial charge in [0.05, 0.1) is 22.5 Å². The lowest BCUT2D eigenvalue weighted by molar-refractivity contribution is -0.147. The fraction of sp³-hybridized carbons (Fsp3) is 0.375. The molecule has 4 atom stereocenters. The molecule has 3 aliphatic heterocycles. The molecule has 0 bridgehead atoms. The quantitative estimate of drug-likeness (QED) is 0.396. The number of fused-ring (bicyclic) bond motifs is 4. The van der Waals surface area contributed by atoms with Crippen LogP contribution in [0.15, 0.2) is 36.4 Å². The molecular formula is C24H24ClN3O5. The van der Waals surface area contributed by atoms with Crippen molar-refractivity contribution in [3.05, 3.63) is 52.5 Å². The standard InChI is InChI=1S/C24H24ClN3O5/c1-23(2,3)28-20(31)17-14(9-11-7-8-15(29)16(30)10-11)27-24(18(17)21(28)32)12-5-4-6-13(25)19(12)26-22(24)33/h4-8,10,14,17-18,27,29-30H,9H2,1-3H3,(H,26,33). The minimum absolute atomic E-state index is 0.253. The van der Waals surface area contributed by atoms with Crippen molar-refractivity contribution >= 4 is 35.0 Å².